The van der Waals surface area contributed by atoms with Gasteiger partial charge >= 0.3 is 0 Å². The molecule has 1 aliphatic rings. The highest BCUT2D eigenvalue weighted by atomic mass is 35.5. The molecule has 0 amide bonds. The quantitative estimate of drug-likeness (QED) is 0.699. The van der Waals surface area contributed by atoms with Gasteiger partial charge < -0.3 is 15.2 Å². The molecule has 2 aromatic rings. The number of nitrogens with two attached hydrogens (primary N) is 1. The van der Waals surface area contributed by atoms with Crippen molar-refractivity contribution in [1.29, 1.82) is 0 Å². The Labute approximate surface area is 127 Å². The summed E-state index contributed by atoms with van der Waals surface area (Å²) in [6.45, 7) is 0.560. The van der Waals surface area contributed by atoms with Crippen LogP contribution in [-0.4, -0.2) is 19.5 Å². The number of hydrogen-bond donors (Lipinski definition) is 1. The Hall–Kier alpha value is -2.20. The van der Waals surface area contributed by atoms with Crippen LogP contribution in [0.15, 0.2) is 30.3 Å². The number of nitrogen functional groups attached to an aromatic ring is 1. The van der Waals surface area contributed by atoms with Crippen molar-refractivity contribution in [3.8, 4) is 11.5 Å². The van der Waals surface area contributed by atoms with Crippen molar-refractivity contribution in [1.82, 2.24) is 0 Å². The topological polar surface area (TPSA) is 61.5 Å². The third kappa shape index (κ3) is 2.43. The maximum atomic E-state index is 12.8. The maximum absolute atomic E-state index is 12.8. The summed E-state index contributed by atoms with van der Waals surface area (Å²) < 4.78 is 10.8. The predicted octanol–water partition coefficient (Wildman–Crippen LogP) is 3.10. The van der Waals surface area contributed by atoms with Crippen LogP contribution in [0.2, 0.25) is 5.02 Å². The zero-order chi connectivity index (χ0) is 15.0. The summed E-state index contributed by atoms with van der Waals surface area (Å²) in [5.41, 5.74) is 8.07. The summed E-state index contributed by atoms with van der Waals surface area (Å²) in [7, 11) is 1.52. The zero-order valence-electron chi connectivity index (χ0n) is 11.5. The first kappa shape index (κ1) is 13.8. The molecule has 0 spiro atoms. The van der Waals surface area contributed by atoms with Crippen LogP contribution in [0.1, 0.15) is 21.5 Å². The Morgan fingerprint density at radius 3 is 2.86 bits per heavy atom. The highest BCUT2D eigenvalue weighted by Crippen LogP contribution is 2.35. The second-order valence-electron chi connectivity index (χ2n) is 4.83. The molecule has 1 aliphatic heterocycles. The molecule has 0 radical (unpaired) electrons. The number of anilines is 1. The number of hydrogen-bond acceptors (Lipinski definition) is 4. The average molecular weight is 304 g/mol. The summed E-state index contributed by atoms with van der Waals surface area (Å²) in [5.74, 6) is 0.870. The highest BCUT2D eigenvalue weighted by molar-refractivity contribution is 6.31. The smallest absolute Gasteiger partial charge is 0.200 e. The van der Waals surface area contributed by atoms with Crippen molar-refractivity contribution in [2.75, 3.05) is 19.5 Å². The Morgan fingerprint density at radius 2 is 2.10 bits per heavy atom. The number of rotatable bonds is 3. The van der Waals surface area contributed by atoms with Gasteiger partial charge in [0, 0.05) is 17.1 Å². The van der Waals surface area contributed by atoms with E-state index in [1.807, 2.05) is 6.07 Å². The minimum Gasteiger partial charge on any atom is -0.496 e. The van der Waals surface area contributed by atoms with Gasteiger partial charge in [0.15, 0.2) is 0 Å². The molecule has 0 fully saturated rings. The van der Waals surface area contributed by atoms with E-state index in [-0.39, 0.29) is 5.78 Å². The molecule has 21 heavy (non-hydrogen) atoms. The standard InChI is InChI=1S/C16H14ClNO3/c1-20-14-3-2-11(18)8-12(14)15(19)13-7-10(17)6-9-4-5-21-16(9)13/h2-3,6-8H,4-5,18H2,1H3. The normalized spacial score (nSPS) is 12.7. The molecule has 0 atom stereocenters. The molecule has 2 aromatic carbocycles. The van der Waals surface area contributed by atoms with Crippen LogP contribution in [-0.2, 0) is 6.42 Å². The van der Waals surface area contributed by atoms with Crippen LogP contribution in [0.25, 0.3) is 0 Å². The Morgan fingerprint density at radius 1 is 1.29 bits per heavy atom. The number of carbonyl (C=O) groups excluding carboxylic acids is 1. The minimum absolute atomic E-state index is 0.209. The first-order valence-corrected chi connectivity index (χ1v) is 6.91. The van der Waals surface area contributed by atoms with Gasteiger partial charge in [0.05, 0.1) is 24.8 Å². The van der Waals surface area contributed by atoms with Gasteiger partial charge in [-0.25, -0.2) is 0 Å². The summed E-state index contributed by atoms with van der Waals surface area (Å²) in [4.78, 5) is 12.8. The van der Waals surface area contributed by atoms with E-state index in [0.717, 1.165) is 12.0 Å². The fourth-order valence-electron chi connectivity index (χ4n) is 2.49. The van der Waals surface area contributed by atoms with Crippen molar-refractivity contribution in [3.63, 3.8) is 0 Å². The molecule has 1 heterocycles. The van der Waals surface area contributed by atoms with E-state index in [1.165, 1.54) is 7.11 Å². The van der Waals surface area contributed by atoms with Gasteiger partial charge in [0.25, 0.3) is 0 Å². The fourth-order valence-corrected chi connectivity index (χ4v) is 2.73. The average Bonchev–Trinajstić information content (AvgIpc) is 2.93. The molecule has 0 bridgehead atoms. The minimum atomic E-state index is -0.209. The number of ketones is 1. The van der Waals surface area contributed by atoms with E-state index >= 15 is 0 Å². The molecule has 0 unspecified atom stereocenters. The lowest BCUT2D eigenvalue weighted by atomic mass is 9.98. The van der Waals surface area contributed by atoms with E-state index in [2.05, 4.69) is 0 Å². The molecule has 5 heteroatoms. The molecule has 0 saturated heterocycles. The summed E-state index contributed by atoms with van der Waals surface area (Å²) in [6, 6.07) is 8.42. The lowest BCUT2D eigenvalue weighted by Gasteiger charge is -2.11. The van der Waals surface area contributed by atoms with Crippen molar-refractivity contribution in [2.45, 2.75) is 6.42 Å². The van der Waals surface area contributed by atoms with Gasteiger partial charge in [-0.15, -0.1) is 0 Å². The first-order chi connectivity index (χ1) is 10.1. The fraction of sp³-hybridized carbons (Fsp3) is 0.188. The number of fused-ring (bicyclic) bond motifs is 1. The van der Waals surface area contributed by atoms with Crippen LogP contribution in [0.3, 0.4) is 0 Å². The SMILES string of the molecule is COc1ccc(N)cc1C(=O)c1cc(Cl)cc2c1OCC2. The van der Waals surface area contributed by atoms with Crippen LogP contribution in [0, 0.1) is 0 Å². The van der Waals surface area contributed by atoms with Crippen molar-refractivity contribution in [2.24, 2.45) is 0 Å². The molecular formula is C16H14ClNO3. The Kier molecular flexibility index (Phi) is 3.47. The molecule has 108 valence electrons. The maximum Gasteiger partial charge on any atom is 0.200 e. The molecule has 0 aliphatic carbocycles. The highest BCUT2D eigenvalue weighted by Gasteiger charge is 2.24. The lowest BCUT2D eigenvalue weighted by molar-refractivity contribution is 0.103. The van der Waals surface area contributed by atoms with E-state index in [0.29, 0.717) is 39.9 Å². The largest absolute Gasteiger partial charge is 0.496 e. The summed E-state index contributed by atoms with van der Waals surface area (Å²) in [5, 5.41) is 0.519. The van der Waals surface area contributed by atoms with Crippen molar-refractivity contribution < 1.29 is 14.3 Å². The van der Waals surface area contributed by atoms with E-state index in [1.54, 1.807) is 24.3 Å². The summed E-state index contributed by atoms with van der Waals surface area (Å²) >= 11 is 6.10. The van der Waals surface area contributed by atoms with Crippen molar-refractivity contribution >= 4 is 23.1 Å². The lowest BCUT2D eigenvalue weighted by Crippen LogP contribution is -2.07. The van der Waals surface area contributed by atoms with Crippen LogP contribution >= 0.6 is 11.6 Å². The molecule has 2 N–H and O–H groups in total. The monoisotopic (exact) mass is 303 g/mol. The molecule has 4 nitrogen and oxygen atoms in total. The number of benzene rings is 2. The van der Waals surface area contributed by atoms with E-state index in [4.69, 9.17) is 26.8 Å². The third-order valence-electron chi connectivity index (χ3n) is 3.46. The van der Waals surface area contributed by atoms with Crippen LogP contribution in [0.5, 0.6) is 11.5 Å². The number of carbonyl (C=O) groups is 1. The van der Waals surface area contributed by atoms with E-state index < -0.39 is 0 Å². The first-order valence-electron chi connectivity index (χ1n) is 6.53. The molecule has 0 aromatic heterocycles. The van der Waals surface area contributed by atoms with Gasteiger partial charge in [-0.2, -0.15) is 0 Å². The summed E-state index contributed by atoms with van der Waals surface area (Å²) in [6.07, 6.45) is 0.754. The number of methoxy groups -OCH3 is 1. The van der Waals surface area contributed by atoms with Gasteiger partial charge in [-0.3, -0.25) is 4.79 Å². The third-order valence-corrected chi connectivity index (χ3v) is 3.68. The van der Waals surface area contributed by atoms with Crippen LogP contribution < -0.4 is 15.2 Å². The second-order valence-corrected chi connectivity index (χ2v) is 5.27. The molecular weight excluding hydrogens is 290 g/mol. The predicted molar refractivity (Wildman–Crippen MR) is 81.5 cm³/mol. The Balaban J connectivity index is 2.14. The molecule has 0 saturated carbocycles. The van der Waals surface area contributed by atoms with Crippen molar-refractivity contribution in [3.05, 3.63) is 52.0 Å². The van der Waals surface area contributed by atoms with Gasteiger partial charge in [-0.1, -0.05) is 11.6 Å². The molecule has 3 rings (SSSR count). The van der Waals surface area contributed by atoms with Gasteiger partial charge in [0.1, 0.15) is 11.5 Å². The van der Waals surface area contributed by atoms with Crippen LogP contribution in [0.4, 0.5) is 5.69 Å². The van der Waals surface area contributed by atoms with Gasteiger partial charge in [-0.05, 0) is 35.9 Å². The zero-order valence-corrected chi connectivity index (χ0v) is 12.2. The van der Waals surface area contributed by atoms with E-state index in [9.17, 15) is 4.79 Å². The Bertz CT molecular complexity index is 728. The number of ether oxygens (including phenoxy) is 2. The van der Waals surface area contributed by atoms with Gasteiger partial charge in [0.2, 0.25) is 5.78 Å². The number of halogens is 1. The second kappa shape index (κ2) is 5.30.